The molecule has 1 saturated heterocycles. The van der Waals surface area contributed by atoms with Crippen LogP contribution in [0.4, 0.5) is 0 Å². The number of nitrogens with two attached hydrogens (primary N) is 1. The Bertz CT molecular complexity index is 1210. The normalized spacial score (nSPS) is 16.5. The van der Waals surface area contributed by atoms with Crippen LogP contribution in [-0.4, -0.2) is 46.8 Å². The van der Waals surface area contributed by atoms with Gasteiger partial charge in [-0.05, 0) is 53.4 Å². The summed E-state index contributed by atoms with van der Waals surface area (Å²) in [5.41, 5.74) is 7.88. The molecule has 0 radical (unpaired) electrons. The first-order valence-corrected chi connectivity index (χ1v) is 11.0. The smallest absolute Gasteiger partial charge is 0.311 e. The highest BCUT2D eigenvalue weighted by Gasteiger charge is 2.25. The molecule has 170 valence electrons. The molecule has 5 N–H and O–H groups in total. The van der Waals surface area contributed by atoms with E-state index in [1.165, 1.54) is 0 Å². The van der Waals surface area contributed by atoms with Crippen LogP contribution in [0.25, 0.3) is 10.8 Å². The van der Waals surface area contributed by atoms with Crippen molar-refractivity contribution < 1.29 is 14.6 Å². The van der Waals surface area contributed by atoms with Crippen molar-refractivity contribution in [1.82, 2.24) is 4.90 Å². The molecule has 7 heteroatoms. The Morgan fingerprint density at radius 3 is 2.48 bits per heavy atom. The van der Waals surface area contributed by atoms with Crippen LogP contribution in [0.2, 0.25) is 0 Å². The molecule has 0 aliphatic carbocycles. The maximum atomic E-state index is 12.1. The van der Waals surface area contributed by atoms with Gasteiger partial charge in [0.2, 0.25) is 0 Å². The number of fused-ring (bicyclic) bond motifs is 1. The molecule has 1 aliphatic rings. The molecular weight excluding hydrogens is 416 g/mol. The van der Waals surface area contributed by atoms with Crippen molar-refractivity contribution in [1.29, 1.82) is 10.8 Å². The van der Waals surface area contributed by atoms with Crippen molar-refractivity contribution in [3.05, 3.63) is 77.4 Å². The second-order valence-electron chi connectivity index (χ2n) is 8.53. The predicted octanol–water partition coefficient (Wildman–Crippen LogP) is 3.99. The van der Waals surface area contributed by atoms with Crippen LogP contribution in [-0.2, 0) is 11.2 Å². The topological polar surface area (TPSA) is 123 Å². The second kappa shape index (κ2) is 9.32. The van der Waals surface area contributed by atoms with Crippen molar-refractivity contribution in [3.8, 4) is 5.75 Å². The van der Waals surface area contributed by atoms with Crippen LogP contribution in [0.15, 0.2) is 60.7 Å². The monoisotopic (exact) mass is 444 g/mol. The molecule has 0 bridgehead atoms. The van der Waals surface area contributed by atoms with Crippen molar-refractivity contribution in [3.63, 3.8) is 0 Å². The maximum Gasteiger partial charge on any atom is 0.311 e. The maximum absolute atomic E-state index is 12.1. The number of carboxylic acids is 1. The van der Waals surface area contributed by atoms with Gasteiger partial charge in [-0.1, -0.05) is 42.5 Å². The van der Waals surface area contributed by atoms with Crippen LogP contribution in [0.1, 0.15) is 36.0 Å². The number of hydrogen-bond donors (Lipinski definition) is 4. The molecule has 2 atom stereocenters. The molecule has 4 rings (SSSR count). The van der Waals surface area contributed by atoms with Gasteiger partial charge in [-0.15, -0.1) is 0 Å². The Morgan fingerprint density at radius 2 is 1.85 bits per heavy atom. The van der Waals surface area contributed by atoms with Gasteiger partial charge in [0.1, 0.15) is 17.7 Å². The molecule has 0 amide bonds. The van der Waals surface area contributed by atoms with E-state index in [4.69, 9.17) is 21.3 Å². The average Bonchev–Trinajstić information content (AvgIpc) is 3.26. The molecule has 1 heterocycles. The summed E-state index contributed by atoms with van der Waals surface area (Å²) in [5.74, 6) is -0.303. The summed E-state index contributed by atoms with van der Waals surface area (Å²) in [6.45, 7) is 3.29. The number of rotatable bonds is 7. The number of ether oxygens (including phenoxy) is 1. The SMILES string of the molecule is CC(=N)N1CCC(Oc2ccc([C@H](Cc3ccc4ccc(C(=N)N)cc4c3)C(=O)O)cc2)C1. The van der Waals surface area contributed by atoms with E-state index in [1.807, 2.05) is 65.6 Å². The zero-order chi connectivity index (χ0) is 23.5. The van der Waals surface area contributed by atoms with E-state index in [9.17, 15) is 9.90 Å². The van der Waals surface area contributed by atoms with E-state index in [0.717, 1.165) is 34.9 Å². The van der Waals surface area contributed by atoms with Crippen LogP contribution >= 0.6 is 0 Å². The van der Waals surface area contributed by atoms with Gasteiger partial charge in [0.25, 0.3) is 0 Å². The molecular formula is C26H28N4O3. The molecule has 1 fully saturated rings. The second-order valence-corrected chi connectivity index (χ2v) is 8.53. The van der Waals surface area contributed by atoms with Crippen LogP contribution < -0.4 is 10.5 Å². The number of aliphatic carboxylic acids is 1. The number of nitrogens with zero attached hydrogens (tertiary/aromatic N) is 1. The van der Waals surface area contributed by atoms with Crippen LogP contribution in [0.5, 0.6) is 5.75 Å². The lowest BCUT2D eigenvalue weighted by molar-refractivity contribution is -0.138. The minimum Gasteiger partial charge on any atom is -0.489 e. The van der Waals surface area contributed by atoms with E-state index in [2.05, 4.69) is 0 Å². The summed E-state index contributed by atoms with van der Waals surface area (Å²) in [5, 5.41) is 27.2. The number of benzene rings is 3. The van der Waals surface area contributed by atoms with Gasteiger partial charge in [0.15, 0.2) is 0 Å². The third-order valence-electron chi connectivity index (χ3n) is 6.16. The number of nitrogen functional groups attached to an aromatic ring is 1. The Hall–Kier alpha value is -3.87. The fraction of sp³-hybridized carbons (Fsp3) is 0.269. The number of likely N-dealkylation sites (tertiary alicyclic amines) is 1. The first-order chi connectivity index (χ1) is 15.8. The van der Waals surface area contributed by atoms with E-state index >= 15 is 0 Å². The fourth-order valence-electron chi connectivity index (χ4n) is 4.27. The summed E-state index contributed by atoms with van der Waals surface area (Å²) in [4.78, 5) is 14.1. The van der Waals surface area contributed by atoms with Gasteiger partial charge in [-0.2, -0.15) is 0 Å². The summed E-state index contributed by atoms with van der Waals surface area (Å²) < 4.78 is 6.03. The summed E-state index contributed by atoms with van der Waals surface area (Å²) in [6, 6.07) is 18.7. The number of amidine groups is 2. The molecule has 0 aromatic heterocycles. The number of hydrogen-bond acceptors (Lipinski definition) is 4. The first-order valence-electron chi connectivity index (χ1n) is 11.0. The Labute approximate surface area is 192 Å². The van der Waals surface area contributed by atoms with Gasteiger partial charge in [0, 0.05) is 18.5 Å². The zero-order valence-electron chi connectivity index (χ0n) is 18.5. The number of carbonyl (C=O) groups is 1. The minimum absolute atomic E-state index is 0.00583. The van der Waals surface area contributed by atoms with Gasteiger partial charge in [0.05, 0.1) is 18.3 Å². The van der Waals surface area contributed by atoms with Gasteiger partial charge < -0.3 is 20.5 Å². The third kappa shape index (κ3) is 5.14. The van der Waals surface area contributed by atoms with Crippen LogP contribution in [0, 0.1) is 10.8 Å². The lowest BCUT2D eigenvalue weighted by atomic mass is 9.91. The Balaban J connectivity index is 1.49. The van der Waals surface area contributed by atoms with E-state index in [0.29, 0.717) is 30.1 Å². The number of carboxylic acid groups (broad SMARTS) is 1. The first kappa shape index (κ1) is 22.3. The van der Waals surface area contributed by atoms with Crippen LogP contribution in [0.3, 0.4) is 0 Å². The van der Waals surface area contributed by atoms with Crippen molar-refractivity contribution in [2.45, 2.75) is 31.8 Å². The number of nitrogens with one attached hydrogen (secondary N) is 2. The summed E-state index contributed by atoms with van der Waals surface area (Å²) >= 11 is 0. The lowest BCUT2D eigenvalue weighted by Crippen LogP contribution is -2.28. The van der Waals surface area contributed by atoms with E-state index in [1.54, 1.807) is 6.92 Å². The van der Waals surface area contributed by atoms with Gasteiger partial charge >= 0.3 is 5.97 Å². The van der Waals surface area contributed by atoms with E-state index in [-0.39, 0.29) is 11.9 Å². The summed E-state index contributed by atoms with van der Waals surface area (Å²) in [6.07, 6.45) is 1.25. The highest BCUT2D eigenvalue weighted by atomic mass is 16.5. The molecule has 3 aromatic carbocycles. The molecule has 33 heavy (non-hydrogen) atoms. The molecule has 1 aliphatic heterocycles. The van der Waals surface area contributed by atoms with Crippen molar-refractivity contribution >= 4 is 28.4 Å². The molecule has 0 spiro atoms. The highest BCUT2D eigenvalue weighted by molar-refractivity contribution is 5.99. The predicted molar refractivity (Wildman–Crippen MR) is 129 cm³/mol. The lowest BCUT2D eigenvalue weighted by Gasteiger charge is -2.18. The molecule has 1 unspecified atom stereocenters. The molecule has 7 nitrogen and oxygen atoms in total. The van der Waals surface area contributed by atoms with Gasteiger partial charge in [-0.3, -0.25) is 15.6 Å². The van der Waals surface area contributed by atoms with E-state index < -0.39 is 11.9 Å². The van der Waals surface area contributed by atoms with Crippen molar-refractivity contribution in [2.24, 2.45) is 5.73 Å². The Kier molecular flexibility index (Phi) is 6.31. The summed E-state index contributed by atoms with van der Waals surface area (Å²) in [7, 11) is 0. The molecule has 0 saturated carbocycles. The van der Waals surface area contributed by atoms with Gasteiger partial charge in [-0.25, -0.2) is 0 Å². The molecule has 3 aromatic rings. The standard InChI is InChI=1S/C26H28N4O3/c1-16(27)30-11-10-23(15-30)33-22-8-6-19(7-9-22)24(26(31)32)13-17-2-3-18-4-5-20(25(28)29)14-21(18)12-17/h2-9,12,14,23-24,27H,10-11,13,15H2,1H3,(H3,28,29)(H,31,32)/t23?,24-/m0/s1. The quantitative estimate of drug-likeness (QED) is 0.324. The van der Waals surface area contributed by atoms with Crippen molar-refractivity contribution in [2.75, 3.05) is 13.1 Å². The fourth-order valence-corrected chi connectivity index (χ4v) is 4.27. The average molecular weight is 445 g/mol. The third-order valence-corrected chi connectivity index (χ3v) is 6.16. The Morgan fingerprint density at radius 1 is 1.12 bits per heavy atom. The highest BCUT2D eigenvalue weighted by Crippen LogP contribution is 2.27. The largest absolute Gasteiger partial charge is 0.489 e. The zero-order valence-corrected chi connectivity index (χ0v) is 18.5. The minimum atomic E-state index is -0.880.